The number of ketones is 2. The Morgan fingerprint density at radius 1 is 0.760 bits per heavy atom. The first-order valence-corrected chi connectivity index (χ1v) is 17.5. The van der Waals surface area contributed by atoms with Crippen molar-refractivity contribution in [3.05, 3.63) is 146 Å². The Balaban J connectivity index is 1.14. The summed E-state index contributed by atoms with van der Waals surface area (Å²) < 4.78 is 9.15. The summed E-state index contributed by atoms with van der Waals surface area (Å²) in [6.45, 7) is 1.85. The van der Waals surface area contributed by atoms with E-state index in [1.165, 1.54) is 6.92 Å². The van der Waals surface area contributed by atoms with Crippen molar-refractivity contribution in [1.29, 1.82) is 0 Å². The summed E-state index contributed by atoms with van der Waals surface area (Å²) in [4.78, 5) is 50.9. The van der Waals surface area contributed by atoms with Crippen molar-refractivity contribution in [3.63, 3.8) is 0 Å². The number of ether oxygens (including phenoxy) is 1. The van der Waals surface area contributed by atoms with Crippen LogP contribution in [0, 0.1) is 0 Å². The average molecular weight is 802 g/mol. The highest BCUT2D eigenvalue weighted by molar-refractivity contribution is 9.10. The zero-order valence-corrected chi connectivity index (χ0v) is 30.4. The Hall–Kier alpha value is -4.94. The molecule has 0 aliphatic heterocycles. The van der Waals surface area contributed by atoms with Crippen LogP contribution in [0.1, 0.15) is 75.8 Å². The molecule has 0 saturated heterocycles. The van der Waals surface area contributed by atoms with Crippen LogP contribution in [-0.2, 0) is 22.7 Å². The van der Waals surface area contributed by atoms with E-state index in [1.807, 2.05) is 54.6 Å². The zero-order chi connectivity index (χ0) is 35.5. The number of hydrogen-bond acceptors (Lipinski definition) is 7. The lowest BCUT2D eigenvalue weighted by molar-refractivity contribution is -0.122. The van der Waals surface area contributed by atoms with Crippen LogP contribution < -0.4 is 15.4 Å². The zero-order valence-electron chi connectivity index (χ0n) is 27.2. The van der Waals surface area contributed by atoms with Crippen LogP contribution in [-0.4, -0.2) is 38.4 Å². The molecule has 0 bridgehead atoms. The number of nitrogens with zero attached hydrogens (tertiary/aromatic N) is 3. The molecule has 2 unspecified atom stereocenters. The van der Waals surface area contributed by atoms with Gasteiger partial charge in [0.15, 0.2) is 11.6 Å². The van der Waals surface area contributed by atoms with E-state index in [9.17, 15) is 19.2 Å². The summed E-state index contributed by atoms with van der Waals surface area (Å²) in [6, 6.07) is 29.8. The summed E-state index contributed by atoms with van der Waals surface area (Å²) in [5, 5.41) is 14.2. The predicted molar refractivity (Wildman–Crippen MR) is 195 cm³/mol. The molecule has 5 rings (SSSR count). The fraction of sp³-hybridized carbons (Fsp3) is 0.211. The Morgan fingerprint density at radius 2 is 1.40 bits per heavy atom. The normalized spacial score (nSPS) is 12.1. The molecule has 5 aromatic rings. The number of rotatable bonds is 16. The smallest absolute Gasteiger partial charge is 0.222 e. The molecule has 2 atom stereocenters. The van der Waals surface area contributed by atoms with Crippen molar-refractivity contribution in [2.75, 3.05) is 0 Å². The van der Waals surface area contributed by atoms with Crippen LogP contribution in [0.5, 0.6) is 5.75 Å². The maximum atomic E-state index is 13.1. The second-order valence-corrected chi connectivity index (χ2v) is 13.4. The molecule has 4 aromatic carbocycles. The lowest BCUT2D eigenvalue weighted by atomic mass is 9.97. The van der Waals surface area contributed by atoms with Crippen molar-refractivity contribution >= 4 is 55.2 Å². The molecule has 1 aromatic heterocycles. The number of hydrogen-bond donors (Lipinski definition) is 2. The van der Waals surface area contributed by atoms with Crippen molar-refractivity contribution in [1.82, 2.24) is 25.6 Å². The van der Waals surface area contributed by atoms with Gasteiger partial charge < -0.3 is 15.4 Å². The van der Waals surface area contributed by atoms with Gasteiger partial charge in [0.2, 0.25) is 11.8 Å². The molecule has 12 heteroatoms. The number of Topliss-reactive ketones (excluding diaryl/α,β-unsaturated/α-hetero) is 2. The quantitative estimate of drug-likeness (QED) is 0.0998. The molecule has 2 N–H and O–H groups in total. The first kappa shape index (κ1) is 36.3. The number of aryl methyl sites for hydroxylation is 1. The van der Waals surface area contributed by atoms with E-state index in [0.29, 0.717) is 22.6 Å². The lowest BCUT2D eigenvalue weighted by Crippen LogP contribution is -2.31. The number of halogens is 2. The van der Waals surface area contributed by atoms with Gasteiger partial charge in [-0.3, -0.25) is 23.9 Å². The molecule has 10 nitrogen and oxygen atoms in total. The third kappa shape index (κ3) is 10.5. The number of carbonyl (C=O) groups excluding carboxylic acids is 4. The van der Waals surface area contributed by atoms with E-state index in [4.69, 9.17) is 4.74 Å². The third-order valence-electron chi connectivity index (χ3n) is 7.86. The van der Waals surface area contributed by atoms with Crippen molar-refractivity contribution in [2.24, 2.45) is 0 Å². The van der Waals surface area contributed by atoms with Gasteiger partial charge in [-0.25, -0.2) is 0 Å². The van der Waals surface area contributed by atoms with Crippen LogP contribution in [0.15, 0.2) is 118 Å². The average Bonchev–Trinajstić information content (AvgIpc) is 3.58. The van der Waals surface area contributed by atoms with E-state index in [-0.39, 0.29) is 55.8 Å². The molecule has 1 heterocycles. The van der Waals surface area contributed by atoms with Crippen molar-refractivity contribution in [2.45, 2.75) is 51.4 Å². The first-order valence-electron chi connectivity index (χ1n) is 15.9. The van der Waals surface area contributed by atoms with E-state index >= 15 is 0 Å². The first-order chi connectivity index (χ1) is 24.1. The van der Waals surface area contributed by atoms with Gasteiger partial charge in [-0.15, -0.1) is 5.10 Å². The summed E-state index contributed by atoms with van der Waals surface area (Å²) in [6.07, 6.45) is 2.06. The molecular formula is C38H35Br2N5O5. The van der Waals surface area contributed by atoms with Gasteiger partial charge in [-0.2, -0.15) is 0 Å². The van der Waals surface area contributed by atoms with Crippen molar-refractivity contribution < 1.29 is 23.9 Å². The van der Waals surface area contributed by atoms with Gasteiger partial charge in [0, 0.05) is 46.3 Å². The summed E-state index contributed by atoms with van der Waals surface area (Å²) >= 11 is 6.95. The van der Waals surface area contributed by atoms with E-state index < -0.39 is 12.1 Å². The largest absolute Gasteiger partial charge is 0.487 e. The minimum absolute atomic E-state index is 0.0684. The second kappa shape index (κ2) is 17.6. The minimum Gasteiger partial charge on any atom is -0.487 e. The van der Waals surface area contributed by atoms with Crippen LogP contribution >= 0.6 is 31.9 Å². The maximum Gasteiger partial charge on any atom is 0.222 e. The monoisotopic (exact) mass is 799 g/mol. The number of nitrogens with one attached hydrogen (secondary N) is 2. The maximum absolute atomic E-state index is 13.1. The van der Waals surface area contributed by atoms with Crippen LogP contribution in [0.3, 0.4) is 0 Å². The fourth-order valence-corrected chi connectivity index (χ4v) is 6.14. The minimum atomic E-state index is -0.529. The highest BCUT2D eigenvalue weighted by Crippen LogP contribution is 2.28. The van der Waals surface area contributed by atoms with Crippen LogP contribution in [0.25, 0.3) is 0 Å². The molecular weight excluding hydrogens is 766 g/mol. The Labute approximate surface area is 306 Å². The Morgan fingerprint density at radius 3 is 2.08 bits per heavy atom. The van der Waals surface area contributed by atoms with Crippen LogP contribution in [0.2, 0.25) is 0 Å². The second-order valence-electron chi connectivity index (χ2n) is 11.6. The fourth-order valence-electron chi connectivity index (χ4n) is 5.31. The molecule has 50 heavy (non-hydrogen) atoms. The van der Waals surface area contributed by atoms with Crippen molar-refractivity contribution in [3.8, 4) is 5.75 Å². The highest BCUT2D eigenvalue weighted by atomic mass is 79.9. The van der Waals surface area contributed by atoms with E-state index in [2.05, 4.69) is 52.8 Å². The third-order valence-corrected chi connectivity index (χ3v) is 9.11. The number of carbonyl (C=O) groups is 4. The molecule has 256 valence electrons. The number of amides is 2. The summed E-state index contributed by atoms with van der Waals surface area (Å²) in [5.41, 5.74) is 3.32. The molecule has 0 spiro atoms. The van der Waals surface area contributed by atoms with Gasteiger partial charge in [-0.05, 0) is 41.5 Å². The Bertz CT molecular complexity index is 1930. The number of aromatic nitrogens is 3. The SMILES string of the molecule is CC(=O)NC(CC(=O)c1ccccc1)c1ccc(OCc2cn(CCC(=O)NC(CC(=O)c3ccc(Br)cc3)c3ccccc3Br)nn2)cc1. The van der Waals surface area contributed by atoms with E-state index in [1.54, 1.807) is 59.4 Å². The number of benzene rings is 4. The van der Waals surface area contributed by atoms with Gasteiger partial charge >= 0.3 is 0 Å². The van der Waals surface area contributed by atoms with Gasteiger partial charge in [-0.1, -0.05) is 110 Å². The molecule has 0 aliphatic carbocycles. The van der Waals surface area contributed by atoms with Gasteiger partial charge in [0.05, 0.1) is 24.8 Å². The van der Waals surface area contributed by atoms with Gasteiger partial charge in [0.25, 0.3) is 0 Å². The molecule has 2 amide bonds. The summed E-state index contributed by atoms with van der Waals surface area (Å²) in [7, 11) is 0. The van der Waals surface area contributed by atoms with E-state index in [0.717, 1.165) is 20.1 Å². The Kier molecular flexibility index (Phi) is 12.8. The van der Waals surface area contributed by atoms with Crippen LogP contribution in [0.4, 0.5) is 0 Å². The van der Waals surface area contributed by atoms with Gasteiger partial charge in [0.1, 0.15) is 18.1 Å². The lowest BCUT2D eigenvalue weighted by Gasteiger charge is -2.20. The molecule has 0 saturated carbocycles. The topological polar surface area (TPSA) is 132 Å². The molecule has 0 fully saturated rings. The highest BCUT2D eigenvalue weighted by Gasteiger charge is 2.22. The molecule has 0 aliphatic rings. The predicted octanol–water partition coefficient (Wildman–Crippen LogP) is 7.35. The molecule has 0 radical (unpaired) electrons. The summed E-state index contributed by atoms with van der Waals surface area (Å²) in [5.74, 6) is -0.0335. The standard InChI is InChI=1S/C38H35Br2N5O5/c1-25(46)41-34(21-36(47)27-7-3-2-4-8-27)26-13-17-31(18-14-26)50-24-30-23-45(44-43-30)20-19-38(49)42-35(32-9-5-6-10-33(32)40)22-37(48)28-11-15-29(39)16-12-28/h2-18,23,34-35H,19-22,24H2,1H3,(H,41,46)(H,42,49).